The number of aryl methyl sites for hydroxylation is 1. The monoisotopic (exact) mass is 195 g/mol. The number of nitrogens with one attached hydrogen (secondary N) is 1. The van der Waals surface area contributed by atoms with Gasteiger partial charge in [0.25, 0.3) is 0 Å². The van der Waals surface area contributed by atoms with Crippen molar-refractivity contribution < 1.29 is 4.39 Å². The number of anilines is 1. The van der Waals surface area contributed by atoms with Gasteiger partial charge in [-0.15, -0.1) is 0 Å². The normalized spacial score (nSPS) is 12.6. The summed E-state index contributed by atoms with van der Waals surface area (Å²) in [6.07, 6.45) is 1.11. The zero-order chi connectivity index (χ0) is 10.6. The predicted octanol–water partition coefficient (Wildman–Crippen LogP) is 3.59. The molecule has 1 aromatic rings. The van der Waals surface area contributed by atoms with Crippen LogP contribution in [0.1, 0.15) is 25.8 Å². The largest absolute Gasteiger partial charge is 0.382 e. The third-order valence-corrected chi connectivity index (χ3v) is 2.46. The summed E-state index contributed by atoms with van der Waals surface area (Å²) >= 11 is 0. The minimum Gasteiger partial charge on any atom is -0.382 e. The van der Waals surface area contributed by atoms with E-state index in [0.29, 0.717) is 11.6 Å². The molecule has 1 rings (SSSR count). The second-order valence-electron chi connectivity index (χ2n) is 3.88. The van der Waals surface area contributed by atoms with Gasteiger partial charge in [-0.2, -0.15) is 0 Å². The first kappa shape index (κ1) is 11.0. The molecule has 1 N–H and O–H groups in total. The molecule has 1 atom stereocenters. The van der Waals surface area contributed by atoms with Crippen molar-refractivity contribution in [1.29, 1.82) is 0 Å². The fourth-order valence-corrected chi connectivity index (χ4v) is 1.20. The van der Waals surface area contributed by atoms with E-state index < -0.39 is 0 Å². The van der Waals surface area contributed by atoms with Crippen molar-refractivity contribution in [2.45, 2.75) is 27.2 Å². The van der Waals surface area contributed by atoms with Gasteiger partial charge < -0.3 is 5.32 Å². The van der Waals surface area contributed by atoms with Gasteiger partial charge in [-0.1, -0.05) is 26.3 Å². The molecule has 1 aromatic carbocycles. The highest BCUT2D eigenvalue weighted by Crippen LogP contribution is 2.16. The second kappa shape index (κ2) is 4.99. The Balaban J connectivity index is 2.62. The van der Waals surface area contributed by atoms with Crippen molar-refractivity contribution in [2.75, 3.05) is 11.9 Å². The lowest BCUT2D eigenvalue weighted by atomic mass is 10.1. The van der Waals surface area contributed by atoms with Crippen LogP contribution in [0.3, 0.4) is 0 Å². The maximum Gasteiger partial charge on any atom is 0.146 e. The van der Waals surface area contributed by atoms with Crippen LogP contribution in [0.4, 0.5) is 10.1 Å². The first-order valence-corrected chi connectivity index (χ1v) is 5.13. The van der Waals surface area contributed by atoms with E-state index in [0.717, 1.165) is 18.5 Å². The maximum atomic E-state index is 13.3. The standard InChI is InChI=1S/C12H18FN/c1-4-9(2)8-14-12-7-10(3)5-6-11(12)13/h5-7,9,14H,4,8H2,1-3H3. The van der Waals surface area contributed by atoms with E-state index in [1.165, 1.54) is 6.07 Å². The lowest BCUT2D eigenvalue weighted by Gasteiger charge is -2.12. The summed E-state index contributed by atoms with van der Waals surface area (Å²) in [6, 6.07) is 5.13. The van der Waals surface area contributed by atoms with Gasteiger partial charge in [-0.25, -0.2) is 4.39 Å². The lowest BCUT2D eigenvalue weighted by molar-refractivity contribution is 0.585. The van der Waals surface area contributed by atoms with E-state index in [1.54, 1.807) is 6.07 Å². The Kier molecular flexibility index (Phi) is 3.93. The van der Waals surface area contributed by atoms with Gasteiger partial charge in [-0.05, 0) is 30.5 Å². The van der Waals surface area contributed by atoms with Crippen LogP contribution in [-0.4, -0.2) is 6.54 Å². The third kappa shape index (κ3) is 3.02. The van der Waals surface area contributed by atoms with Crippen LogP contribution >= 0.6 is 0 Å². The SMILES string of the molecule is CCC(C)CNc1cc(C)ccc1F. The molecule has 0 heterocycles. The van der Waals surface area contributed by atoms with Crippen molar-refractivity contribution in [3.63, 3.8) is 0 Å². The van der Waals surface area contributed by atoms with Crippen molar-refractivity contribution >= 4 is 5.69 Å². The molecule has 0 amide bonds. The zero-order valence-corrected chi connectivity index (χ0v) is 9.10. The molecule has 0 fully saturated rings. The molecule has 0 aromatic heterocycles. The van der Waals surface area contributed by atoms with E-state index in [-0.39, 0.29) is 5.82 Å². The highest BCUT2D eigenvalue weighted by molar-refractivity contribution is 5.46. The number of benzene rings is 1. The minimum absolute atomic E-state index is 0.168. The molecule has 0 radical (unpaired) electrons. The van der Waals surface area contributed by atoms with Crippen molar-refractivity contribution in [2.24, 2.45) is 5.92 Å². The van der Waals surface area contributed by atoms with Gasteiger partial charge in [0.15, 0.2) is 0 Å². The molecule has 2 heteroatoms. The number of rotatable bonds is 4. The average Bonchev–Trinajstić information content (AvgIpc) is 2.19. The Morgan fingerprint density at radius 2 is 2.14 bits per heavy atom. The number of hydrogen-bond acceptors (Lipinski definition) is 1. The second-order valence-corrected chi connectivity index (χ2v) is 3.88. The Labute approximate surface area is 85.3 Å². The molecule has 1 nitrogen and oxygen atoms in total. The molecule has 1 unspecified atom stereocenters. The van der Waals surface area contributed by atoms with E-state index in [1.807, 2.05) is 13.0 Å². The molecule has 78 valence electrons. The first-order chi connectivity index (χ1) is 6.63. The van der Waals surface area contributed by atoms with E-state index in [9.17, 15) is 4.39 Å². The smallest absolute Gasteiger partial charge is 0.146 e. The highest BCUT2D eigenvalue weighted by Gasteiger charge is 2.03. The summed E-state index contributed by atoms with van der Waals surface area (Å²) in [6.45, 7) is 7.09. The molecule has 0 saturated carbocycles. The van der Waals surface area contributed by atoms with Gasteiger partial charge in [0, 0.05) is 6.54 Å². The van der Waals surface area contributed by atoms with Gasteiger partial charge in [0.2, 0.25) is 0 Å². The quantitative estimate of drug-likeness (QED) is 0.774. The number of hydrogen-bond donors (Lipinski definition) is 1. The molecular formula is C12H18FN. The Morgan fingerprint density at radius 3 is 2.79 bits per heavy atom. The van der Waals surface area contributed by atoms with Crippen LogP contribution in [0, 0.1) is 18.7 Å². The maximum absolute atomic E-state index is 13.3. The predicted molar refractivity (Wildman–Crippen MR) is 59.1 cm³/mol. The van der Waals surface area contributed by atoms with Crippen LogP contribution in [0.15, 0.2) is 18.2 Å². The summed E-state index contributed by atoms with van der Waals surface area (Å²) < 4.78 is 13.3. The van der Waals surface area contributed by atoms with Crippen LogP contribution < -0.4 is 5.32 Å². The summed E-state index contributed by atoms with van der Waals surface area (Å²) in [7, 11) is 0. The summed E-state index contributed by atoms with van der Waals surface area (Å²) in [5, 5.41) is 3.13. The van der Waals surface area contributed by atoms with Crippen LogP contribution in [-0.2, 0) is 0 Å². The lowest BCUT2D eigenvalue weighted by Crippen LogP contribution is -2.11. The Morgan fingerprint density at radius 1 is 1.43 bits per heavy atom. The Hall–Kier alpha value is -1.05. The Bertz CT molecular complexity index is 296. The van der Waals surface area contributed by atoms with Crippen LogP contribution in [0.2, 0.25) is 0 Å². The van der Waals surface area contributed by atoms with E-state index >= 15 is 0 Å². The molecule has 0 aliphatic rings. The summed E-state index contributed by atoms with van der Waals surface area (Å²) in [5.41, 5.74) is 1.70. The summed E-state index contributed by atoms with van der Waals surface area (Å²) in [5.74, 6) is 0.411. The van der Waals surface area contributed by atoms with Crippen LogP contribution in [0.5, 0.6) is 0 Å². The zero-order valence-electron chi connectivity index (χ0n) is 9.10. The molecule has 0 spiro atoms. The van der Waals surface area contributed by atoms with Gasteiger partial charge in [-0.3, -0.25) is 0 Å². The fraction of sp³-hybridized carbons (Fsp3) is 0.500. The van der Waals surface area contributed by atoms with Crippen molar-refractivity contribution in [1.82, 2.24) is 0 Å². The number of halogens is 1. The minimum atomic E-state index is -0.168. The molecule has 0 saturated heterocycles. The molecule has 14 heavy (non-hydrogen) atoms. The molecular weight excluding hydrogens is 177 g/mol. The van der Waals surface area contributed by atoms with Gasteiger partial charge in [0.05, 0.1) is 5.69 Å². The van der Waals surface area contributed by atoms with Crippen LogP contribution in [0.25, 0.3) is 0 Å². The van der Waals surface area contributed by atoms with Crippen molar-refractivity contribution in [3.05, 3.63) is 29.6 Å². The molecule has 0 aliphatic carbocycles. The topological polar surface area (TPSA) is 12.0 Å². The van der Waals surface area contributed by atoms with E-state index in [2.05, 4.69) is 19.2 Å². The van der Waals surface area contributed by atoms with Gasteiger partial charge >= 0.3 is 0 Å². The molecule has 0 bridgehead atoms. The summed E-state index contributed by atoms with van der Waals surface area (Å²) in [4.78, 5) is 0. The first-order valence-electron chi connectivity index (χ1n) is 5.13. The molecule has 0 aliphatic heterocycles. The van der Waals surface area contributed by atoms with Gasteiger partial charge in [0.1, 0.15) is 5.82 Å². The van der Waals surface area contributed by atoms with E-state index in [4.69, 9.17) is 0 Å². The van der Waals surface area contributed by atoms with Crippen molar-refractivity contribution in [3.8, 4) is 0 Å². The average molecular weight is 195 g/mol. The third-order valence-electron chi connectivity index (χ3n) is 2.46. The highest BCUT2D eigenvalue weighted by atomic mass is 19.1. The fourth-order valence-electron chi connectivity index (χ4n) is 1.20.